The smallest absolute Gasteiger partial charge is 0.251 e. The Labute approximate surface area is 131 Å². The van der Waals surface area contributed by atoms with E-state index in [1.165, 1.54) is 11.1 Å². The zero-order valence-electron chi connectivity index (χ0n) is 13.2. The predicted octanol–water partition coefficient (Wildman–Crippen LogP) is 2.98. The summed E-state index contributed by atoms with van der Waals surface area (Å²) in [7, 11) is 3.12. The molecule has 1 N–H and O–H groups in total. The van der Waals surface area contributed by atoms with Crippen LogP contribution < -0.4 is 14.8 Å². The minimum atomic E-state index is -0.117. The molecular weight excluding hydrogens is 278 g/mol. The number of hydrogen-bond acceptors (Lipinski definition) is 3. The third-order valence-corrected chi connectivity index (χ3v) is 3.43. The fourth-order valence-corrected chi connectivity index (χ4v) is 2.27. The molecule has 0 aliphatic heterocycles. The van der Waals surface area contributed by atoms with Gasteiger partial charge in [-0.2, -0.15) is 0 Å². The molecule has 0 heterocycles. The quantitative estimate of drug-likeness (QED) is 0.892. The molecule has 0 atom stereocenters. The highest BCUT2D eigenvalue weighted by Gasteiger charge is 2.10. The number of nitrogens with one attached hydrogen (secondary N) is 1. The van der Waals surface area contributed by atoms with E-state index in [2.05, 4.69) is 30.4 Å². The number of methoxy groups -OCH3 is 2. The Morgan fingerprint density at radius 1 is 1.05 bits per heavy atom. The van der Waals surface area contributed by atoms with Crippen LogP contribution in [0.15, 0.2) is 42.5 Å². The number of amides is 1. The van der Waals surface area contributed by atoms with Crippen LogP contribution in [-0.2, 0) is 6.42 Å². The van der Waals surface area contributed by atoms with Crippen molar-refractivity contribution in [2.24, 2.45) is 0 Å². The van der Waals surface area contributed by atoms with Gasteiger partial charge in [0.15, 0.2) is 11.5 Å². The molecule has 0 aromatic heterocycles. The Hall–Kier alpha value is -2.49. The summed E-state index contributed by atoms with van der Waals surface area (Å²) in [5, 5.41) is 2.92. The summed E-state index contributed by atoms with van der Waals surface area (Å²) in [5.74, 6) is 1.04. The number of benzene rings is 2. The molecule has 0 saturated heterocycles. The monoisotopic (exact) mass is 299 g/mol. The molecule has 4 heteroatoms. The molecule has 0 bridgehead atoms. The van der Waals surface area contributed by atoms with Crippen molar-refractivity contribution in [2.45, 2.75) is 13.3 Å². The second kappa shape index (κ2) is 7.50. The van der Waals surface area contributed by atoms with Crippen LogP contribution in [0.25, 0.3) is 0 Å². The largest absolute Gasteiger partial charge is 0.493 e. The molecule has 0 aliphatic rings. The van der Waals surface area contributed by atoms with Crippen LogP contribution in [0.5, 0.6) is 11.5 Å². The molecule has 0 radical (unpaired) electrons. The van der Waals surface area contributed by atoms with E-state index in [4.69, 9.17) is 9.47 Å². The zero-order valence-corrected chi connectivity index (χ0v) is 13.2. The molecule has 0 aliphatic carbocycles. The van der Waals surface area contributed by atoms with Gasteiger partial charge < -0.3 is 14.8 Å². The zero-order chi connectivity index (χ0) is 15.9. The molecule has 0 unspecified atom stereocenters. The molecule has 0 spiro atoms. The molecule has 1 amide bonds. The number of aryl methyl sites for hydroxylation is 1. The normalized spacial score (nSPS) is 10.1. The van der Waals surface area contributed by atoms with Crippen molar-refractivity contribution in [1.29, 1.82) is 0 Å². The minimum absolute atomic E-state index is 0.117. The first kappa shape index (κ1) is 15.9. The van der Waals surface area contributed by atoms with Crippen molar-refractivity contribution >= 4 is 5.91 Å². The van der Waals surface area contributed by atoms with Crippen LogP contribution in [0.4, 0.5) is 0 Å². The first-order valence-electron chi connectivity index (χ1n) is 7.20. The van der Waals surface area contributed by atoms with Crippen LogP contribution in [0.1, 0.15) is 21.5 Å². The minimum Gasteiger partial charge on any atom is -0.493 e. The topological polar surface area (TPSA) is 47.6 Å². The van der Waals surface area contributed by atoms with E-state index in [0.717, 1.165) is 6.42 Å². The number of carbonyl (C=O) groups excluding carboxylic acids is 1. The lowest BCUT2D eigenvalue weighted by molar-refractivity contribution is 0.0953. The van der Waals surface area contributed by atoms with Crippen molar-refractivity contribution in [1.82, 2.24) is 5.32 Å². The first-order chi connectivity index (χ1) is 10.6. The summed E-state index contributed by atoms with van der Waals surface area (Å²) in [6.07, 6.45) is 0.806. The Balaban J connectivity index is 1.95. The van der Waals surface area contributed by atoms with E-state index >= 15 is 0 Å². The summed E-state index contributed by atoms with van der Waals surface area (Å²) >= 11 is 0. The second-order valence-corrected chi connectivity index (χ2v) is 5.06. The molecular formula is C18H21NO3. The van der Waals surface area contributed by atoms with Gasteiger partial charge in [0, 0.05) is 12.1 Å². The second-order valence-electron chi connectivity index (χ2n) is 5.06. The van der Waals surface area contributed by atoms with Crippen molar-refractivity contribution in [2.75, 3.05) is 20.8 Å². The molecule has 0 saturated carbocycles. The van der Waals surface area contributed by atoms with E-state index in [0.29, 0.717) is 23.6 Å². The lowest BCUT2D eigenvalue weighted by atomic mass is 10.1. The van der Waals surface area contributed by atoms with Gasteiger partial charge in [0.2, 0.25) is 0 Å². The van der Waals surface area contributed by atoms with Crippen molar-refractivity contribution in [3.8, 4) is 11.5 Å². The Morgan fingerprint density at radius 3 is 2.50 bits per heavy atom. The number of carbonyl (C=O) groups is 1. The summed E-state index contributed by atoms with van der Waals surface area (Å²) in [5.41, 5.74) is 3.00. The van der Waals surface area contributed by atoms with Crippen molar-refractivity contribution < 1.29 is 14.3 Å². The SMILES string of the molecule is COc1ccc(C(=O)NCCc2cccc(C)c2)cc1OC. The average molecular weight is 299 g/mol. The van der Waals surface area contributed by atoms with E-state index in [1.54, 1.807) is 32.4 Å². The lowest BCUT2D eigenvalue weighted by Gasteiger charge is -2.10. The highest BCUT2D eigenvalue weighted by Crippen LogP contribution is 2.27. The van der Waals surface area contributed by atoms with Gasteiger partial charge in [-0.25, -0.2) is 0 Å². The van der Waals surface area contributed by atoms with Crippen LogP contribution in [0.2, 0.25) is 0 Å². The maximum absolute atomic E-state index is 12.2. The van der Waals surface area contributed by atoms with E-state index < -0.39 is 0 Å². The van der Waals surface area contributed by atoms with Gasteiger partial charge >= 0.3 is 0 Å². The van der Waals surface area contributed by atoms with Crippen LogP contribution >= 0.6 is 0 Å². The number of rotatable bonds is 6. The average Bonchev–Trinajstić information content (AvgIpc) is 2.54. The summed E-state index contributed by atoms with van der Waals surface area (Å²) in [4.78, 5) is 12.2. The van der Waals surface area contributed by atoms with Gasteiger partial charge in [-0.15, -0.1) is 0 Å². The van der Waals surface area contributed by atoms with Gasteiger partial charge in [-0.3, -0.25) is 4.79 Å². The highest BCUT2D eigenvalue weighted by molar-refractivity contribution is 5.94. The number of ether oxygens (including phenoxy) is 2. The molecule has 4 nitrogen and oxygen atoms in total. The maximum Gasteiger partial charge on any atom is 0.251 e. The molecule has 116 valence electrons. The van der Waals surface area contributed by atoms with Crippen LogP contribution in [-0.4, -0.2) is 26.7 Å². The summed E-state index contributed by atoms with van der Waals surface area (Å²) in [6, 6.07) is 13.4. The Bertz CT molecular complexity index is 653. The molecule has 2 aromatic rings. The van der Waals surface area contributed by atoms with Crippen molar-refractivity contribution in [3.63, 3.8) is 0 Å². The van der Waals surface area contributed by atoms with E-state index in [-0.39, 0.29) is 5.91 Å². The van der Waals surface area contributed by atoms with Gasteiger partial charge in [-0.1, -0.05) is 29.8 Å². The first-order valence-corrected chi connectivity index (χ1v) is 7.20. The number of hydrogen-bond donors (Lipinski definition) is 1. The fraction of sp³-hybridized carbons (Fsp3) is 0.278. The van der Waals surface area contributed by atoms with Gasteiger partial charge in [0.1, 0.15) is 0 Å². The predicted molar refractivity (Wildman–Crippen MR) is 86.8 cm³/mol. The Morgan fingerprint density at radius 2 is 1.82 bits per heavy atom. The van der Waals surface area contributed by atoms with E-state index in [9.17, 15) is 4.79 Å². The van der Waals surface area contributed by atoms with Gasteiger partial charge in [0.25, 0.3) is 5.91 Å². The maximum atomic E-state index is 12.2. The third kappa shape index (κ3) is 4.01. The highest BCUT2D eigenvalue weighted by atomic mass is 16.5. The summed E-state index contributed by atoms with van der Waals surface area (Å²) in [6.45, 7) is 2.66. The van der Waals surface area contributed by atoms with Crippen molar-refractivity contribution in [3.05, 3.63) is 59.2 Å². The fourth-order valence-electron chi connectivity index (χ4n) is 2.27. The molecule has 22 heavy (non-hydrogen) atoms. The van der Waals surface area contributed by atoms with Gasteiger partial charge in [0.05, 0.1) is 14.2 Å². The molecule has 2 aromatic carbocycles. The summed E-state index contributed by atoms with van der Waals surface area (Å²) < 4.78 is 10.4. The van der Waals surface area contributed by atoms with Crippen LogP contribution in [0.3, 0.4) is 0 Å². The Kier molecular flexibility index (Phi) is 5.42. The van der Waals surface area contributed by atoms with Crippen LogP contribution in [0, 0.1) is 6.92 Å². The lowest BCUT2D eigenvalue weighted by Crippen LogP contribution is -2.25. The van der Waals surface area contributed by atoms with E-state index in [1.807, 2.05) is 6.07 Å². The molecule has 2 rings (SSSR count). The molecule has 0 fully saturated rings. The standard InChI is InChI=1S/C18H21NO3/c1-13-5-4-6-14(11-13)9-10-19-18(20)15-7-8-16(21-2)17(12-15)22-3/h4-8,11-12H,9-10H2,1-3H3,(H,19,20). The third-order valence-electron chi connectivity index (χ3n) is 3.43. The van der Waals surface area contributed by atoms with Gasteiger partial charge in [-0.05, 0) is 37.1 Å².